The lowest BCUT2D eigenvalue weighted by Gasteiger charge is -2.28. The number of hydrogen-bond donors (Lipinski definition) is 1. The first kappa shape index (κ1) is 16.2. The van der Waals surface area contributed by atoms with Gasteiger partial charge < -0.3 is 20.1 Å². The average molecular weight is 281 g/mol. The lowest BCUT2D eigenvalue weighted by atomic mass is 10.2. The Balaban J connectivity index is 3.04. The van der Waals surface area contributed by atoms with Crippen molar-refractivity contribution >= 4 is 17.5 Å². The van der Waals surface area contributed by atoms with Gasteiger partial charge in [-0.1, -0.05) is 0 Å². The second-order valence-corrected chi connectivity index (χ2v) is 4.63. The minimum Gasteiger partial charge on any atom is -0.462 e. The summed E-state index contributed by atoms with van der Waals surface area (Å²) in [6.07, 6.45) is 1.49. The molecule has 0 saturated heterocycles. The first-order chi connectivity index (χ1) is 9.51. The molecule has 6 nitrogen and oxygen atoms in total. The minimum atomic E-state index is -0.427. The molecule has 0 radical (unpaired) electrons. The van der Waals surface area contributed by atoms with Gasteiger partial charge in [0.15, 0.2) is 0 Å². The largest absolute Gasteiger partial charge is 0.462 e. The first-order valence-corrected chi connectivity index (χ1v) is 6.69. The molecule has 0 spiro atoms. The van der Waals surface area contributed by atoms with Crippen molar-refractivity contribution in [1.29, 1.82) is 0 Å². The summed E-state index contributed by atoms with van der Waals surface area (Å²) in [4.78, 5) is 18.2. The van der Waals surface area contributed by atoms with Gasteiger partial charge in [0.25, 0.3) is 0 Å². The van der Waals surface area contributed by atoms with Crippen LogP contribution in [0.4, 0.5) is 11.5 Å². The second kappa shape index (κ2) is 7.69. The van der Waals surface area contributed by atoms with Gasteiger partial charge in [-0.2, -0.15) is 0 Å². The van der Waals surface area contributed by atoms with Crippen LogP contribution in [0.25, 0.3) is 0 Å². The molecule has 0 aliphatic rings. The Morgan fingerprint density at radius 3 is 2.75 bits per heavy atom. The molecule has 6 heteroatoms. The number of ether oxygens (including phenoxy) is 2. The van der Waals surface area contributed by atoms with Crippen molar-refractivity contribution in [3.63, 3.8) is 0 Å². The van der Waals surface area contributed by atoms with E-state index in [2.05, 4.69) is 18.8 Å². The molecule has 112 valence electrons. The van der Waals surface area contributed by atoms with Gasteiger partial charge in [-0.05, 0) is 26.8 Å². The molecular weight excluding hydrogens is 258 g/mol. The highest BCUT2D eigenvalue weighted by Crippen LogP contribution is 2.20. The number of methoxy groups -OCH3 is 1. The van der Waals surface area contributed by atoms with E-state index >= 15 is 0 Å². The van der Waals surface area contributed by atoms with E-state index in [1.54, 1.807) is 20.1 Å². The second-order valence-electron chi connectivity index (χ2n) is 4.63. The SMILES string of the molecule is CCOC(=O)c1cc(N(CCOC)C(C)C)ncc1N. The maximum Gasteiger partial charge on any atom is 0.340 e. The number of esters is 1. The molecule has 1 aromatic heterocycles. The number of carbonyl (C=O) groups excluding carboxylic acids is 1. The molecule has 1 aromatic rings. The van der Waals surface area contributed by atoms with Gasteiger partial charge in [0.05, 0.1) is 30.7 Å². The number of nitrogens with two attached hydrogens (primary N) is 1. The summed E-state index contributed by atoms with van der Waals surface area (Å²) in [5, 5.41) is 0. The van der Waals surface area contributed by atoms with Crippen LogP contribution in [0.5, 0.6) is 0 Å². The molecule has 0 unspecified atom stereocenters. The average Bonchev–Trinajstić information content (AvgIpc) is 2.40. The highest BCUT2D eigenvalue weighted by Gasteiger charge is 2.17. The van der Waals surface area contributed by atoms with Gasteiger partial charge in [-0.15, -0.1) is 0 Å². The Bertz CT molecular complexity index is 449. The molecule has 0 aliphatic heterocycles. The zero-order valence-electron chi connectivity index (χ0n) is 12.5. The van der Waals surface area contributed by atoms with Crippen molar-refractivity contribution in [2.45, 2.75) is 26.8 Å². The van der Waals surface area contributed by atoms with E-state index in [0.717, 1.165) is 0 Å². The molecule has 0 amide bonds. The molecule has 1 rings (SSSR count). The van der Waals surface area contributed by atoms with Crippen LogP contribution < -0.4 is 10.6 Å². The summed E-state index contributed by atoms with van der Waals surface area (Å²) < 4.78 is 10.1. The van der Waals surface area contributed by atoms with Crippen LogP contribution in [-0.4, -0.2) is 43.9 Å². The third-order valence-corrected chi connectivity index (χ3v) is 2.87. The van der Waals surface area contributed by atoms with Crippen molar-refractivity contribution in [2.75, 3.05) is 37.5 Å². The summed E-state index contributed by atoms with van der Waals surface area (Å²) in [5.41, 5.74) is 6.46. The van der Waals surface area contributed by atoms with Crippen LogP contribution in [0.15, 0.2) is 12.3 Å². The van der Waals surface area contributed by atoms with Gasteiger partial charge in [-0.25, -0.2) is 9.78 Å². The number of carbonyl (C=O) groups is 1. The van der Waals surface area contributed by atoms with Crippen molar-refractivity contribution in [3.05, 3.63) is 17.8 Å². The number of pyridine rings is 1. The number of hydrogen-bond acceptors (Lipinski definition) is 6. The lowest BCUT2D eigenvalue weighted by molar-refractivity contribution is 0.0527. The Hall–Kier alpha value is -1.82. The molecule has 1 heterocycles. The monoisotopic (exact) mass is 281 g/mol. The Kier molecular flexibility index (Phi) is 6.24. The number of nitrogens with zero attached hydrogens (tertiary/aromatic N) is 2. The van der Waals surface area contributed by atoms with E-state index in [4.69, 9.17) is 15.2 Å². The predicted molar refractivity (Wildman–Crippen MR) is 79.0 cm³/mol. The highest BCUT2D eigenvalue weighted by atomic mass is 16.5. The Labute approximate surface area is 119 Å². The van der Waals surface area contributed by atoms with Crippen LogP contribution in [0.1, 0.15) is 31.1 Å². The molecule has 0 bridgehead atoms. The molecular formula is C14H23N3O3. The highest BCUT2D eigenvalue weighted by molar-refractivity contribution is 5.95. The molecule has 0 saturated carbocycles. The van der Waals surface area contributed by atoms with Crippen molar-refractivity contribution < 1.29 is 14.3 Å². The van der Waals surface area contributed by atoms with Gasteiger partial charge in [0, 0.05) is 19.7 Å². The quantitative estimate of drug-likeness (QED) is 0.766. The maximum absolute atomic E-state index is 11.9. The molecule has 20 heavy (non-hydrogen) atoms. The standard InChI is InChI=1S/C14H23N3O3/c1-5-20-14(18)11-8-13(16-9-12(11)15)17(10(2)3)6-7-19-4/h8-10H,5-7,15H2,1-4H3. The lowest BCUT2D eigenvalue weighted by Crippen LogP contribution is -2.34. The Morgan fingerprint density at radius 2 is 2.20 bits per heavy atom. The fourth-order valence-corrected chi connectivity index (χ4v) is 1.82. The van der Waals surface area contributed by atoms with E-state index in [1.807, 2.05) is 4.90 Å². The van der Waals surface area contributed by atoms with Crippen LogP contribution in [0.3, 0.4) is 0 Å². The van der Waals surface area contributed by atoms with Crippen LogP contribution >= 0.6 is 0 Å². The molecule has 0 fully saturated rings. The zero-order valence-corrected chi connectivity index (χ0v) is 12.5. The Morgan fingerprint density at radius 1 is 1.50 bits per heavy atom. The number of anilines is 2. The molecule has 2 N–H and O–H groups in total. The first-order valence-electron chi connectivity index (χ1n) is 6.69. The smallest absolute Gasteiger partial charge is 0.340 e. The third kappa shape index (κ3) is 4.09. The van der Waals surface area contributed by atoms with Crippen molar-refractivity contribution in [2.24, 2.45) is 0 Å². The van der Waals surface area contributed by atoms with E-state index < -0.39 is 5.97 Å². The third-order valence-electron chi connectivity index (χ3n) is 2.87. The fourth-order valence-electron chi connectivity index (χ4n) is 1.82. The van der Waals surface area contributed by atoms with E-state index in [1.165, 1.54) is 6.20 Å². The van der Waals surface area contributed by atoms with E-state index in [-0.39, 0.29) is 6.04 Å². The molecule has 0 aliphatic carbocycles. The topological polar surface area (TPSA) is 77.7 Å². The van der Waals surface area contributed by atoms with Gasteiger partial charge >= 0.3 is 5.97 Å². The van der Waals surface area contributed by atoms with Crippen LogP contribution in [0, 0.1) is 0 Å². The number of rotatable bonds is 7. The summed E-state index contributed by atoms with van der Waals surface area (Å²) in [5.74, 6) is 0.262. The maximum atomic E-state index is 11.9. The van der Waals surface area contributed by atoms with Crippen molar-refractivity contribution in [1.82, 2.24) is 4.98 Å². The minimum absolute atomic E-state index is 0.233. The van der Waals surface area contributed by atoms with Crippen molar-refractivity contribution in [3.8, 4) is 0 Å². The predicted octanol–water partition coefficient (Wildman–Crippen LogP) is 1.70. The van der Waals surface area contributed by atoms with Gasteiger partial charge in [-0.3, -0.25) is 0 Å². The molecule has 0 atom stereocenters. The summed E-state index contributed by atoms with van der Waals surface area (Å²) in [6, 6.07) is 1.90. The normalized spacial score (nSPS) is 10.7. The van der Waals surface area contributed by atoms with Gasteiger partial charge in [0.2, 0.25) is 0 Å². The van der Waals surface area contributed by atoms with Crippen LogP contribution in [0.2, 0.25) is 0 Å². The summed E-state index contributed by atoms with van der Waals surface area (Å²) in [6.45, 7) is 7.45. The van der Waals surface area contributed by atoms with E-state index in [9.17, 15) is 4.79 Å². The van der Waals surface area contributed by atoms with Gasteiger partial charge in [0.1, 0.15) is 5.82 Å². The number of nitrogen functional groups attached to an aromatic ring is 1. The zero-order chi connectivity index (χ0) is 15.1. The van der Waals surface area contributed by atoms with Crippen LogP contribution in [-0.2, 0) is 9.47 Å². The molecule has 0 aromatic carbocycles. The fraction of sp³-hybridized carbons (Fsp3) is 0.571. The number of aromatic nitrogens is 1. The summed E-state index contributed by atoms with van der Waals surface area (Å²) >= 11 is 0. The van der Waals surface area contributed by atoms with E-state index in [0.29, 0.717) is 36.8 Å². The summed E-state index contributed by atoms with van der Waals surface area (Å²) in [7, 11) is 1.65.